The summed E-state index contributed by atoms with van der Waals surface area (Å²) >= 11 is 5.52. The number of hydrogen-bond donors (Lipinski definition) is 1. The van der Waals surface area contributed by atoms with Gasteiger partial charge in [0.05, 0.1) is 0 Å². The lowest BCUT2D eigenvalue weighted by Gasteiger charge is -2.33. The van der Waals surface area contributed by atoms with Crippen LogP contribution in [-0.2, 0) is 0 Å². The molecule has 17 heavy (non-hydrogen) atoms. The summed E-state index contributed by atoms with van der Waals surface area (Å²) in [6.45, 7) is 0. The smallest absolute Gasteiger partial charge is 0.124 e. The van der Waals surface area contributed by atoms with Gasteiger partial charge in [0.2, 0.25) is 0 Å². The average Bonchev–Trinajstić information content (AvgIpc) is 2.83. The maximum absolute atomic E-state index is 6.27. The number of nitrogens with two attached hydrogens (primary N) is 1. The van der Waals surface area contributed by atoms with E-state index in [4.69, 9.17) is 10.5 Å². The van der Waals surface area contributed by atoms with E-state index in [1.807, 2.05) is 23.9 Å². The number of halogens is 1. The van der Waals surface area contributed by atoms with Gasteiger partial charge in [0.1, 0.15) is 11.9 Å². The second kappa shape index (κ2) is 4.82. The first kappa shape index (κ1) is 11.9. The van der Waals surface area contributed by atoms with Crippen molar-refractivity contribution in [2.24, 2.45) is 11.7 Å². The Kier molecular flexibility index (Phi) is 3.37. The second-order valence-electron chi connectivity index (χ2n) is 4.80. The number of benzene rings is 1. The molecule has 3 atom stereocenters. The van der Waals surface area contributed by atoms with Crippen molar-refractivity contribution in [1.82, 2.24) is 0 Å². The zero-order valence-corrected chi connectivity index (χ0v) is 12.0. The molecule has 2 N–H and O–H groups in total. The second-order valence-corrected chi connectivity index (χ2v) is 6.87. The normalized spacial score (nSPS) is 32.0. The van der Waals surface area contributed by atoms with Gasteiger partial charge in [0, 0.05) is 28.4 Å². The molecule has 0 spiro atoms. The van der Waals surface area contributed by atoms with Crippen LogP contribution in [0.2, 0.25) is 0 Å². The first-order chi connectivity index (χ1) is 8.24. The summed E-state index contributed by atoms with van der Waals surface area (Å²) < 4.78 is 7.20. The molecule has 0 radical (unpaired) electrons. The first-order valence-corrected chi connectivity index (χ1v) is 7.98. The largest absolute Gasteiger partial charge is 0.490 e. The van der Waals surface area contributed by atoms with Crippen LogP contribution in [0.5, 0.6) is 5.75 Å². The van der Waals surface area contributed by atoms with Gasteiger partial charge in [-0.15, -0.1) is 0 Å². The minimum atomic E-state index is 0.117. The van der Waals surface area contributed by atoms with Crippen LogP contribution in [0.1, 0.15) is 24.4 Å². The zero-order chi connectivity index (χ0) is 11.8. The molecular formula is C13H16BrNOS. The molecule has 2 heterocycles. The average molecular weight is 314 g/mol. The molecule has 0 bridgehead atoms. The molecule has 0 aromatic heterocycles. The Morgan fingerprint density at radius 3 is 3.06 bits per heavy atom. The molecule has 1 fully saturated rings. The lowest BCUT2D eigenvalue weighted by atomic mass is 9.90. The van der Waals surface area contributed by atoms with Gasteiger partial charge in [0.15, 0.2) is 0 Å². The number of rotatable bonds is 1. The van der Waals surface area contributed by atoms with Crippen LogP contribution in [0.3, 0.4) is 0 Å². The Labute approximate surface area is 114 Å². The van der Waals surface area contributed by atoms with Crippen molar-refractivity contribution in [2.45, 2.75) is 25.0 Å². The van der Waals surface area contributed by atoms with Crippen LogP contribution in [0, 0.1) is 5.92 Å². The molecule has 0 amide bonds. The fourth-order valence-electron chi connectivity index (χ4n) is 2.64. The van der Waals surface area contributed by atoms with Crippen molar-refractivity contribution in [3.8, 4) is 5.75 Å². The highest BCUT2D eigenvalue weighted by atomic mass is 79.9. The summed E-state index contributed by atoms with van der Waals surface area (Å²) in [7, 11) is 0. The van der Waals surface area contributed by atoms with E-state index in [0.29, 0.717) is 12.0 Å². The molecule has 2 unspecified atom stereocenters. The molecule has 0 aliphatic carbocycles. The highest BCUT2D eigenvalue weighted by Crippen LogP contribution is 2.40. The maximum atomic E-state index is 6.27. The molecule has 92 valence electrons. The standard InChI is InChI=1S/C13H16BrNOS/c14-9-1-2-12-10(5-9)11(15)6-13(16-12)8-3-4-17-7-8/h1-2,5,8,11,13H,3-4,6-7,15H2/t8?,11-,13?/m0/s1. The van der Waals surface area contributed by atoms with E-state index < -0.39 is 0 Å². The predicted octanol–water partition coefficient (Wildman–Crippen LogP) is 3.35. The van der Waals surface area contributed by atoms with Crippen LogP contribution >= 0.6 is 27.7 Å². The molecule has 2 nitrogen and oxygen atoms in total. The van der Waals surface area contributed by atoms with E-state index in [2.05, 4.69) is 22.0 Å². The van der Waals surface area contributed by atoms with Crippen molar-refractivity contribution in [1.29, 1.82) is 0 Å². The van der Waals surface area contributed by atoms with Crippen molar-refractivity contribution in [2.75, 3.05) is 11.5 Å². The third-order valence-electron chi connectivity index (χ3n) is 3.63. The van der Waals surface area contributed by atoms with Gasteiger partial charge in [-0.1, -0.05) is 15.9 Å². The highest BCUT2D eigenvalue weighted by molar-refractivity contribution is 9.10. The van der Waals surface area contributed by atoms with Gasteiger partial charge in [-0.05, 0) is 36.1 Å². The van der Waals surface area contributed by atoms with Gasteiger partial charge in [-0.25, -0.2) is 0 Å². The summed E-state index contributed by atoms with van der Waals surface area (Å²) in [6.07, 6.45) is 2.54. The lowest BCUT2D eigenvalue weighted by molar-refractivity contribution is 0.110. The van der Waals surface area contributed by atoms with Crippen LogP contribution in [-0.4, -0.2) is 17.6 Å². The van der Waals surface area contributed by atoms with Crippen molar-refractivity contribution >= 4 is 27.7 Å². The third-order valence-corrected chi connectivity index (χ3v) is 5.31. The highest BCUT2D eigenvalue weighted by Gasteiger charge is 2.33. The van der Waals surface area contributed by atoms with Crippen LogP contribution in [0.4, 0.5) is 0 Å². The Balaban J connectivity index is 1.84. The van der Waals surface area contributed by atoms with Crippen molar-refractivity contribution in [3.63, 3.8) is 0 Å². The monoisotopic (exact) mass is 313 g/mol. The number of fused-ring (bicyclic) bond motifs is 1. The van der Waals surface area contributed by atoms with E-state index in [-0.39, 0.29) is 6.04 Å². The van der Waals surface area contributed by atoms with Crippen molar-refractivity contribution < 1.29 is 4.74 Å². The van der Waals surface area contributed by atoms with Crippen LogP contribution in [0.15, 0.2) is 22.7 Å². The number of ether oxygens (including phenoxy) is 1. The maximum Gasteiger partial charge on any atom is 0.124 e. The molecule has 2 aliphatic heterocycles. The molecular weight excluding hydrogens is 298 g/mol. The van der Waals surface area contributed by atoms with E-state index in [1.165, 1.54) is 17.9 Å². The Morgan fingerprint density at radius 2 is 2.29 bits per heavy atom. The van der Waals surface area contributed by atoms with Gasteiger partial charge < -0.3 is 10.5 Å². The SMILES string of the molecule is N[C@H]1CC(C2CCSC2)Oc2ccc(Br)cc21. The number of thioether (sulfide) groups is 1. The first-order valence-electron chi connectivity index (χ1n) is 6.03. The van der Waals surface area contributed by atoms with Gasteiger partial charge in [-0.3, -0.25) is 0 Å². The molecule has 2 aliphatic rings. The quantitative estimate of drug-likeness (QED) is 0.863. The molecule has 3 rings (SSSR count). The fourth-order valence-corrected chi connectivity index (χ4v) is 4.34. The van der Waals surface area contributed by atoms with E-state index in [1.54, 1.807) is 0 Å². The van der Waals surface area contributed by atoms with Crippen LogP contribution < -0.4 is 10.5 Å². The van der Waals surface area contributed by atoms with Crippen molar-refractivity contribution in [3.05, 3.63) is 28.2 Å². The minimum Gasteiger partial charge on any atom is -0.490 e. The molecule has 1 saturated heterocycles. The minimum absolute atomic E-state index is 0.117. The summed E-state index contributed by atoms with van der Waals surface area (Å²) in [4.78, 5) is 0. The van der Waals surface area contributed by atoms with E-state index in [0.717, 1.165) is 22.2 Å². The Morgan fingerprint density at radius 1 is 1.41 bits per heavy atom. The summed E-state index contributed by atoms with van der Waals surface area (Å²) in [6, 6.07) is 6.26. The van der Waals surface area contributed by atoms with E-state index in [9.17, 15) is 0 Å². The third kappa shape index (κ3) is 2.35. The topological polar surface area (TPSA) is 35.2 Å². The summed E-state index contributed by atoms with van der Waals surface area (Å²) in [5.41, 5.74) is 7.41. The van der Waals surface area contributed by atoms with Gasteiger partial charge >= 0.3 is 0 Å². The molecule has 1 aromatic carbocycles. The molecule has 0 saturated carbocycles. The van der Waals surface area contributed by atoms with Gasteiger partial charge in [0.25, 0.3) is 0 Å². The summed E-state index contributed by atoms with van der Waals surface area (Å²) in [5, 5.41) is 0. The van der Waals surface area contributed by atoms with Crippen LogP contribution in [0.25, 0.3) is 0 Å². The molecule has 4 heteroatoms. The molecule has 1 aromatic rings. The number of hydrogen-bond acceptors (Lipinski definition) is 3. The Bertz CT molecular complexity index is 420. The lowest BCUT2D eigenvalue weighted by Crippen LogP contribution is -2.35. The van der Waals surface area contributed by atoms with Gasteiger partial charge in [-0.2, -0.15) is 11.8 Å². The van der Waals surface area contributed by atoms with E-state index >= 15 is 0 Å². The summed E-state index contributed by atoms with van der Waals surface area (Å²) in [5.74, 6) is 4.16. The Hall–Kier alpha value is -0.190. The fraction of sp³-hybridized carbons (Fsp3) is 0.538. The predicted molar refractivity (Wildman–Crippen MR) is 75.5 cm³/mol. The zero-order valence-electron chi connectivity index (χ0n) is 9.56.